The van der Waals surface area contributed by atoms with Gasteiger partial charge in [-0.1, -0.05) is 25.1 Å². The molecule has 2 aromatic rings. The first-order valence-corrected chi connectivity index (χ1v) is 7.10. The summed E-state index contributed by atoms with van der Waals surface area (Å²) in [6, 6.07) is 8.74. The summed E-state index contributed by atoms with van der Waals surface area (Å²) in [6.07, 6.45) is 3.31. The van der Waals surface area contributed by atoms with Gasteiger partial charge in [0.05, 0.1) is 0 Å². The topological polar surface area (TPSA) is 60.2 Å². The Morgan fingerprint density at radius 3 is 2.80 bits per heavy atom. The number of benzene rings is 1. The number of hydrogen-bond acceptors (Lipinski definition) is 5. The zero-order valence-electron chi connectivity index (χ0n) is 11.6. The molecule has 1 N–H and O–H groups in total. The van der Waals surface area contributed by atoms with Crippen molar-refractivity contribution in [2.45, 2.75) is 45.4 Å². The van der Waals surface area contributed by atoms with Crippen LogP contribution in [0.3, 0.4) is 0 Å². The molecule has 0 aliphatic heterocycles. The normalized spacial score (nSPS) is 14.4. The molecule has 0 unspecified atom stereocenters. The molecule has 1 aromatic heterocycles. The molecule has 0 amide bonds. The van der Waals surface area contributed by atoms with Crippen LogP contribution in [0, 0.1) is 0 Å². The van der Waals surface area contributed by atoms with Crippen LogP contribution in [0.25, 0.3) is 0 Å². The monoisotopic (exact) mass is 273 g/mol. The average molecular weight is 273 g/mol. The molecular weight excluding hydrogens is 254 g/mol. The first kappa shape index (κ1) is 13.1. The zero-order chi connectivity index (χ0) is 13.8. The van der Waals surface area contributed by atoms with E-state index in [2.05, 4.69) is 21.6 Å². The predicted molar refractivity (Wildman–Crippen MR) is 74.3 cm³/mol. The number of nitrogens with zero attached hydrogens (tertiary/aromatic N) is 2. The summed E-state index contributed by atoms with van der Waals surface area (Å²) in [4.78, 5) is 0. The van der Waals surface area contributed by atoms with Gasteiger partial charge in [0.25, 0.3) is 5.89 Å². The maximum absolute atomic E-state index is 5.80. The fourth-order valence-electron chi connectivity index (χ4n) is 1.96. The second-order valence-electron chi connectivity index (χ2n) is 4.99. The molecule has 3 rings (SSSR count). The Hall–Kier alpha value is -1.88. The fourth-order valence-corrected chi connectivity index (χ4v) is 1.96. The van der Waals surface area contributed by atoms with Crippen molar-refractivity contribution in [3.05, 3.63) is 41.6 Å². The van der Waals surface area contributed by atoms with Gasteiger partial charge in [0.15, 0.2) is 6.61 Å². The predicted octanol–water partition coefficient (Wildman–Crippen LogP) is 2.46. The van der Waals surface area contributed by atoms with Gasteiger partial charge in [-0.2, -0.15) is 0 Å². The van der Waals surface area contributed by atoms with Crippen molar-refractivity contribution in [2.75, 3.05) is 0 Å². The van der Waals surface area contributed by atoms with E-state index in [1.807, 2.05) is 25.1 Å². The van der Waals surface area contributed by atoms with Crippen molar-refractivity contribution in [3.63, 3.8) is 0 Å². The molecule has 5 heteroatoms. The number of hydrogen-bond donors (Lipinski definition) is 1. The number of aryl methyl sites for hydroxylation is 1. The van der Waals surface area contributed by atoms with E-state index < -0.39 is 0 Å². The highest BCUT2D eigenvalue weighted by Gasteiger charge is 2.20. The van der Waals surface area contributed by atoms with Gasteiger partial charge in [-0.3, -0.25) is 0 Å². The summed E-state index contributed by atoms with van der Waals surface area (Å²) < 4.78 is 11.2. The lowest BCUT2D eigenvalue weighted by molar-refractivity contribution is 0.256. The standard InChI is InChI=1S/C15H19N3O2/c1-2-14-17-18-15(20-14)10-19-13-6-4-3-5-11(13)9-16-12-7-8-12/h3-6,12,16H,2,7-10H2,1H3. The van der Waals surface area contributed by atoms with Crippen molar-refractivity contribution in [2.24, 2.45) is 0 Å². The minimum Gasteiger partial charge on any atom is -0.483 e. The van der Waals surface area contributed by atoms with Crippen LogP contribution in [0.15, 0.2) is 28.7 Å². The molecule has 1 aromatic carbocycles. The Morgan fingerprint density at radius 2 is 2.05 bits per heavy atom. The van der Waals surface area contributed by atoms with Crippen LogP contribution in [0.1, 0.15) is 37.1 Å². The van der Waals surface area contributed by atoms with E-state index in [1.165, 1.54) is 12.8 Å². The average Bonchev–Trinajstić information content (AvgIpc) is 3.20. The fraction of sp³-hybridized carbons (Fsp3) is 0.467. The van der Waals surface area contributed by atoms with Crippen molar-refractivity contribution >= 4 is 0 Å². The Labute approximate surface area is 118 Å². The maximum Gasteiger partial charge on any atom is 0.253 e. The minimum absolute atomic E-state index is 0.313. The Morgan fingerprint density at radius 1 is 1.25 bits per heavy atom. The molecule has 0 atom stereocenters. The first-order chi connectivity index (χ1) is 9.85. The van der Waals surface area contributed by atoms with E-state index in [0.717, 1.165) is 24.3 Å². The Bertz CT molecular complexity index is 564. The lowest BCUT2D eigenvalue weighted by Gasteiger charge is -2.10. The van der Waals surface area contributed by atoms with E-state index >= 15 is 0 Å². The molecule has 1 aliphatic carbocycles. The van der Waals surface area contributed by atoms with Crippen molar-refractivity contribution in [1.29, 1.82) is 0 Å². The van der Waals surface area contributed by atoms with Crippen LogP contribution in [0.5, 0.6) is 5.75 Å². The molecule has 20 heavy (non-hydrogen) atoms. The summed E-state index contributed by atoms with van der Waals surface area (Å²) in [5, 5.41) is 11.4. The smallest absolute Gasteiger partial charge is 0.253 e. The van der Waals surface area contributed by atoms with Gasteiger partial charge in [0, 0.05) is 24.6 Å². The zero-order valence-corrected chi connectivity index (χ0v) is 11.6. The van der Waals surface area contributed by atoms with Crippen LogP contribution in [0.2, 0.25) is 0 Å². The minimum atomic E-state index is 0.313. The summed E-state index contributed by atoms with van der Waals surface area (Å²) >= 11 is 0. The third kappa shape index (κ3) is 3.36. The van der Waals surface area contributed by atoms with E-state index in [9.17, 15) is 0 Å². The number of rotatable bonds is 7. The van der Waals surface area contributed by atoms with Gasteiger partial charge < -0.3 is 14.5 Å². The lowest BCUT2D eigenvalue weighted by atomic mass is 10.2. The summed E-state index contributed by atoms with van der Waals surface area (Å²) in [5.74, 6) is 2.04. The molecule has 106 valence electrons. The van der Waals surface area contributed by atoms with Gasteiger partial charge >= 0.3 is 0 Å². The highest BCUT2D eigenvalue weighted by molar-refractivity contribution is 5.33. The maximum atomic E-state index is 5.80. The van der Waals surface area contributed by atoms with Crippen LogP contribution < -0.4 is 10.1 Å². The van der Waals surface area contributed by atoms with Gasteiger partial charge in [0.2, 0.25) is 5.89 Å². The van der Waals surface area contributed by atoms with E-state index in [0.29, 0.717) is 24.4 Å². The lowest BCUT2D eigenvalue weighted by Crippen LogP contribution is -2.16. The van der Waals surface area contributed by atoms with Gasteiger partial charge in [0.1, 0.15) is 5.75 Å². The van der Waals surface area contributed by atoms with E-state index in [1.54, 1.807) is 0 Å². The third-order valence-electron chi connectivity index (χ3n) is 3.29. The second kappa shape index (κ2) is 6.05. The molecule has 1 fully saturated rings. The molecule has 1 heterocycles. The van der Waals surface area contributed by atoms with Gasteiger partial charge in [-0.05, 0) is 18.9 Å². The molecule has 0 radical (unpaired) electrons. The third-order valence-corrected chi connectivity index (χ3v) is 3.29. The van der Waals surface area contributed by atoms with Crippen molar-refractivity contribution in [3.8, 4) is 5.75 Å². The van der Waals surface area contributed by atoms with Crippen LogP contribution >= 0.6 is 0 Å². The number of aromatic nitrogens is 2. The van der Waals surface area contributed by atoms with Crippen LogP contribution in [0.4, 0.5) is 0 Å². The van der Waals surface area contributed by atoms with Crippen molar-refractivity contribution in [1.82, 2.24) is 15.5 Å². The quantitative estimate of drug-likeness (QED) is 0.839. The van der Waals surface area contributed by atoms with E-state index in [4.69, 9.17) is 9.15 Å². The Kier molecular flexibility index (Phi) is 3.97. The number of ether oxygens (including phenoxy) is 1. The highest BCUT2D eigenvalue weighted by atomic mass is 16.5. The number of nitrogens with one attached hydrogen (secondary N) is 1. The second-order valence-corrected chi connectivity index (χ2v) is 4.99. The highest BCUT2D eigenvalue weighted by Crippen LogP contribution is 2.23. The van der Waals surface area contributed by atoms with Crippen LogP contribution in [-0.2, 0) is 19.6 Å². The molecular formula is C15H19N3O2. The van der Waals surface area contributed by atoms with Gasteiger partial charge in [-0.25, -0.2) is 0 Å². The summed E-state index contributed by atoms with van der Waals surface area (Å²) in [7, 11) is 0. The summed E-state index contributed by atoms with van der Waals surface area (Å²) in [5.41, 5.74) is 1.16. The molecule has 1 aliphatic rings. The molecule has 1 saturated carbocycles. The number of para-hydroxylation sites is 1. The first-order valence-electron chi connectivity index (χ1n) is 7.10. The molecule has 0 saturated heterocycles. The van der Waals surface area contributed by atoms with E-state index in [-0.39, 0.29) is 0 Å². The van der Waals surface area contributed by atoms with Crippen molar-refractivity contribution < 1.29 is 9.15 Å². The van der Waals surface area contributed by atoms with Gasteiger partial charge in [-0.15, -0.1) is 10.2 Å². The van der Waals surface area contributed by atoms with Crippen LogP contribution in [-0.4, -0.2) is 16.2 Å². The molecule has 0 bridgehead atoms. The summed E-state index contributed by atoms with van der Waals surface area (Å²) in [6.45, 7) is 3.13. The molecule has 5 nitrogen and oxygen atoms in total. The Balaban J connectivity index is 1.60. The molecule has 0 spiro atoms. The SMILES string of the molecule is CCc1nnc(COc2ccccc2CNC2CC2)o1. The largest absolute Gasteiger partial charge is 0.483 e.